The average Bonchev–Trinajstić information content (AvgIpc) is 3.41. The lowest BCUT2D eigenvalue weighted by molar-refractivity contribution is -0.136. The van der Waals surface area contributed by atoms with E-state index in [4.69, 9.17) is 14.8 Å². The van der Waals surface area contributed by atoms with Crippen LogP contribution in [0.3, 0.4) is 0 Å². The van der Waals surface area contributed by atoms with E-state index in [9.17, 15) is 4.79 Å². The normalized spacial score (nSPS) is 11.0. The second-order valence-electron chi connectivity index (χ2n) is 9.35. The van der Waals surface area contributed by atoms with E-state index < -0.39 is 5.97 Å². The summed E-state index contributed by atoms with van der Waals surface area (Å²) in [5.41, 5.74) is 5.51. The quantitative estimate of drug-likeness (QED) is 0.219. The number of hydrogen-bond acceptors (Lipinski definition) is 6. The summed E-state index contributed by atoms with van der Waals surface area (Å²) in [5, 5.41) is 12.0. The minimum atomic E-state index is -0.785. The van der Waals surface area contributed by atoms with Crippen LogP contribution in [0.1, 0.15) is 54.3 Å². The molecule has 0 atom stereocenters. The molecule has 7 heteroatoms. The van der Waals surface area contributed by atoms with Crippen LogP contribution in [0.15, 0.2) is 78.3 Å². The van der Waals surface area contributed by atoms with E-state index >= 15 is 0 Å². The van der Waals surface area contributed by atoms with Gasteiger partial charge in [-0.2, -0.15) is 0 Å². The van der Waals surface area contributed by atoms with Crippen molar-refractivity contribution < 1.29 is 14.6 Å². The minimum absolute atomic E-state index is 0.133. The predicted octanol–water partition coefficient (Wildman–Crippen LogP) is 6.51. The SMILES string of the molecule is CC(C)c1csc(N(CCc2ccccn2)Cc2ccc(COc3ccc(CCC(=O)O)cc3)cc2)n1. The molecule has 0 saturated carbocycles. The Kier molecular flexibility index (Phi) is 9.27. The molecule has 0 aliphatic heterocycles. The van der Waals surface area contributed by atoms with Crippen molar-refractivity contribution in [2.24, 2.45) is 0 Å². The van der Waals surface area contributed by atoms with Crippen LogP contribution in [0, 0.1) is 0 Å². The van der Waals surface area contributed by atoms with Gasteiger partial charge in [-0.15, -0.1) is 11.3 Å². The van der Waals surface area contributed by atoms with E-state index in [0.29, 0.717) is 18.9 Å². The molecule has 4 aromatic rings. The molecule has 37 heavy (non-hydrogen) atoms. The minimum Gasteiger partial charge on any atom is -0.489 e. The molecule has 192 valence electrons. The molecular formula is C30H33N3O3S. The number of benzene rings is 2. The van der Waals surface area contributed by atoms with E-state index in [1.807, 2.05) is 42.6 Å². The first-order valence-corrected chi connectivity index (χ1v) is 13.5. The summed E-state index contributed by atoms with van der Waals surface area (Å²) in [6, 6.07) is 22.2. The highest BCUT2D eigenvalue weighted by atomic mass is 32.1. The van der Waals surface area contributed by atoms with Gasteiger partial charge in [0.05, 0.1) is 5.69 Å². The molecular weight excluding hydrogens is 482 g/mol. The lowest BCUT2D eigenvalue weighted by atomic mass is 10.1. The summed E-state index contributed by atoms with van der Waals surface area (Å²) in [4.78, 5) is 22.5. The summed E-state index contributed by atoms with van der Waals surface area (Å²) in [7, 11) is 0. The molecule has 0 fully saturated rings. The Labute approximate surface area is 222 Å². The number of carboxylic acids is 1. The zero-order valence-electron chi connectivity index (χ0n) is 21.3. The van der Waals surface area contributed by atoms with Gasteiger partial charge in [0.15, 0.2) is 5.13 Å². The van der Waals surface area contributed by atoms with Gasteiger partial charge in [-0.3, -0.25) is 9.78 Å². The zero-order valence-corrected chi connectivity index (χ0v) is 22.2. The number of carboxylic acid groups (broad SMARTS) is 1. The highest BCUT2D eigenvalue weighted by Crippen LogP contribution is 2.26. The number of hydrogen-bond donors (Lipinski definition) is 1. The second-order valence-corrected chi connectivity index (χ2v) is 10.2. The van der Waals surface area contributed by atoms with Crippen molar-refractivity contribution in [1.82, 2.24) is 9.97 Å². The van der Waals surface area contributed by atoms with Gasteiger partial charge in [0, 0.05) is 43.2 Å². The molecule has 0 bridgehead atoms. The van der Waals surface area contributed by atoms with E-state index in [1.165, 1.54) is 5.56 Å². The number of pyridine rings is 1. The van der Waals surface area contributed by atoms with Crippen LogP contribution in [-0.4, -0.2) is 27.6 Å². The van der Waals surface area contributed by atoms with Crippen LogP contribution < -0.4 is 9.64 Å². The molecule has 4 rings (SSSR count). The smallest absolute Gasteiger partial charge is 0.303 e. The lowest BCUT2D eigenvalue weighted by Crippen LogP contribution is -2.25. The number of aryl methyl sites for hydroxylation is 1. The van der Waals surface area contributed by atoms with Gasteiger partial charge >= 0.3 is 5.97 Å². The highest BCUT2D eigenvalue weighted by molar-refractivity contribution is 7.13. The van der Waals surface area contributed by atoms with Crippen LogP contribution in [0.5, 0.6) is 5.75 Å². The summed E-state index contributed by atoms with van der Waals surface area (Å²) in [5.74, 6) is 0.392. The summed E-state index contributed by atoms with van der Waals surface area (Å²) < 4.78 is 5.93. The molecule has 2 heterocycles. The van der Waals surface area contributed by atoms with E-state index in [0.717, 1.165) is 52.9 Å². The van der Waals surface area contributed by atoms with Crippen molar-refractivity contribution >= 4 is 22.4 Å². The van der Waals surface area contributed by atoms with Crippen molar-refractivity contribution in [3.8, 4) is 5.75 Å². The number of nitrogens with zero attached hydrogens (tertiary/aromatic N) is 3. The maximum atomic E-state index is 10.7. The largest absolute Gasteiger partial charge is 0.489 e. The van der Waals surface area contributed by atoms with Crippen LogP contribution in [0.25, 0.3) is 0 Å². The van der Waals surface area contributed by atoms with Gasteiger partial charge < -0.3 is 14.7 Å². The molecule has 0 aliphatic rings. The van der Waals surface area contributed by atoms with Gasteiger partial charge in [0.2, 0.25) is 0 Å². The van der Waals surface area contributed by atoms with Crippen LogP contribution in [-0.2, 0) is 30.8 Å². The van der Waals surface area contributed by atoms with E-state index in [-0.39, 0.29) is 6.42 Å². The van der Waals surface area contributed by atoms with E-state index in [2.05, 4.69) is 59.4 Å². The molecule has 2 aromatic heterocycles. The molecule has 0 aliphatic carbocycles. The first-order chi connectivity index (χ1) is 18.0. The fourth-order valence-electron chi connectivity index (χ4n) is 3.86. The number of thiazole rings is 1. The molecule has 0 amide bonds. The first kappa shape index (κ1) is 26.4. The molecule has 0 saturated heterocycles. The zero-order chi connectivity index (χ0) is 26.0. The lowest BCUT2D eigenvalue weighted by Gasteiger charge is -2.22. The molecule has 2 aromatic carbocycles. The van der Waals surface area contributed by atoms with Gasteiger partial charge in [-0.05, 0) is 53.3 Å². The molecule has 0 unspecified atom stereocenters. The number of anilines is 1. The Balaban J connectivity index is 1.36. The van der Waals surface area contributed by atoms with Crippen molar-refractivity contribution in [3.63, 3.8) is 0 Å². The number of aliphatic carboxylic acids is 1. The molecule has 6 nitrogen and oxygen atoms in total. The summed E-state index contributed by atoms with van der Waals surface area (Å²) >= 11 is 1.70. The number of aromatic nitrogens is 2. The number of ether oxygens (including phenoxy) is 1. The average molecular weight is 516 g/mol. The maximum absolute atomic E-state index is 10.7. The third-order valence-electron chi connectivity index (χ3n) is 6.09. The van der Waals surface area contributed by atoms with Gasteiger partial charge in [-0.25, -0.2) is 4.98 Å². The maximum Gasteiger partial charge on any atom is 0.303 e. The summed E-state index contributed by atoms with van der Waals surface area (Å²) in [6.07, 6.45) is 3.36. The Morgan fingerprint density at radius 2 is 1.70 bits per heavy atom. The topological polar surface area (TPSA) is 75.6 Å². The first-order valence-electron chi connectivity index (χ1n) is 12.6. The fourth-order valence-corrected chi connectivity index (χ4v) is 4.87. The van der Waals surface area contributed by atoms with Gasteiger partial charge in [0.1, 0.15) is 12.4 Å². The standard InChI is InChI=1S/C30H33N3O3S/c1-22(2)28-21-37-30(32-28)33(18-16-26-5-3-4-17-31-26)19-24-6-8-25(9-7-24)20-36-27-13-10-23(11-14-27)12-15-29(34)35/h3-11,13-14,17,21-22H,12,15-16,18-20H2,1-2H3,(H,34,35). The Morgan fingerprint density at radius 3 is 2.35 bits per heavy atom. The Morgan fingerprint density at radius 1 is 0.973 bits per heavy atom. The van der Waals surface area contributed by atoms with Crippen molar-refractivity contribution in [2.45, 2.75) is 52.2 Å². The van der Waals surface area contributed by atoms with Gasteiger partial charge in [-0.1, -0.05) is 56.3 Å². The van der Waals surface area contributed by atoms with Crippen LogP contribution in [0.4, 0.5) is 5.13 Å². The third kappa shape index (κ3) is 8.15. The predicted molar refractivity (Wildman–Crippen MR) is 148 cm³/mol. The highest BCUT2D eigenvalue weighted by Gasteiger charge is 2.14. The van der Waals surface area contributed by atoms with E-state index in [1.54, 1.807) is 11.3 Å². The third-order valence-corrected chi connectivity index (χ3v) is 7.01. The van der Waals surface area contributed by atoms with Gasteiger partial charge in [0.25, 0.3) is 0 Å². The Hall–Kier alpha value is -3.71. The molecule has 0 radical (unpaired) electrons. The van der Waals surface area contributed by atoms with Crippen molar-refractivity contribution in [3.05, 3.63) is 106 Å². The monoisotopic (exact) mass is 515 g/mol. The molecule has 0 spiro atoms. The number of carbonyl (C=O) groups is 1. The summed E-state index contributed by atoms with van der Waals surface area (Å²) in [6.45, 7) is 6.44. The fraction of sp³-hybridized carbons (Fsp3) is 0.300. The Bertz CT molecular complexity index is 1260. The van der Waals surface area contributed by atoms with Crippen LogP contribution >= 0.6 is 11.3 Å². The van der Waals surface area contributed by atoms with Crippen LogP contribution in [0.2, 0.25) is 0 Å². The van der Waals surface area contributed by atoms with Crippen molar-refractivity contribution in [2.75, 3.05) is 11.4 Å². The van der Waals surface area contributed by atoms with Crippen molar-refractivity contribution in [1.29, 1.82) is 0 Å². The number of rotatable bonds is 13. The molecule has 1 N–H and O–H groups in total. The second kappa shape index (κ2) is 13.0.